The van der Waals surface area contributed by atoms with Gasteiger partial charge in [-0.25, -0.2) is 4.98 Å². The minimum absolute atomic E-state index is 0.0104. The molecule has 0 unspecified atom stereocenters. The van der Waals surface area contributed by atoms with Gasteiger partial charge in [0, 0.05) is 17.8 Å². The van der Waals surface area contributed by atoms with E-state index in [0.29, 0.717) is 16.9 Å². The lowest BCUT2D eigenvalue weighted by Gasteiger charge is -2.03. The normalized spacial score (nSPS) is 10.8. The second kappa shape index (κ2) is 4.66. The standard InChI is InChI=1S/C15H11NO3/c17-9-10-3-5-11(6-4-10)14-8-13(18)12-2-1-7-16-15(12)19-14/h1-8,17H,9H2. The highest BCUT2D eigenvalue weighted by Gasteiger charge is 2.07. The monoisotopic (exact) mass is 253 g/mol. The molecule has 0 saturated heterocycles. The van der Waals surface area contributed by atoms with Gasteiger partial charge in [-0.2, -0.15) is 0 Å². The topological polar surface area (TPSA) is 63.3 Å². The number of rotatable bonds is 2. The van der Waals surface area contributed by atoms with Crippen LogP contribution in [0.3, 0.4) is 0 Å². The lowest BCUT2D eigenvalue weighted by molar-refractivity contribution is 0.282. The Bertz CT molecular complexity index is 775. The molecule has 4 heteroatoms. The van der Waals surface area contributed by atoms with E-state index in [1.54, 1.807) is 42.6 Å². The summed E-state index contributed by atoms with van der Waals surface area (Å²) in [5.41, 5.74) is 1.80. The predicted octanol–water partition coefficient (Wildman–Crippen LogP) is 2.35. The van der Waals surface area contributed by atoms with Crippen LogP contribution in [0.1, 0.15) is 5.56 Å². The first-order chi connectivity index (χ1) is 9.28. The molecule has 0 fully saturated rings. The summed E-state index contributed by atoms with van der Waals surface area (Å²) in [7, 11) is 0. The van der Waals surface area contributed by atoms with Crippen molar-refractivity contribution in [3.05, 3.63) is 64.4 Å². The van der Waals surface area contributed by atoms with Crippen LogP contribution < -0.4 is 5.43 Å². The molecule has 0 atom stereocenters. The maximum absolute atomic E-state index is 12.0. The predicted molar refractivity (Wildman–Crippen MR) is 71.6 cm³/mol. The van der Waals surface area contributed by atoms with Crippen LogP contribution in [0.4, 0.5) is 0 Å². The number of aliphatic hydroxyl groups excluding tert-OH is 1. The Morgan fingerprint density at radius 2 is 1.95 bits per heavy atom. The zero-order valence-corrected chi connectivity index (χ0v) is 10.0. The van der Waals surface area contributed by atoms with E-state index in [0.717, 1.165) is 11.1 Å². The van der Waals surface area contributed by atoms with Gasteiger partial charge in [0.15, 0.2) is 5.43 Å². The van der Waals surface area contributed by atoms with E-state index >= 15 is 0 Å². The van der Waals surface area contributed by atoms with Crippen molar-refractivity contribution in [3.63, 3.8) is 0 Å². The van der Waals surface area contributed by atoms with Gasteiger partial charge in [0.2, 0.25) is 5.71 Å². The van der Waals surface area contributed by atoms with Gasteiger partial charge >= 0.3 is 0 Å². The molecular formula is C15H11NO3. The summed E-state index contributed by atoms with van der Waals surface area (Å²) in [5, 5.41) is 9.47. The van der Waals surface area contributed by atoms with Crippen LogP contribution in [0.2, 0.25) is 0 Å². The summed E-state index contributed by atoms with van der Waals surface area (Å²) in [5.74, 6) is 0.473. The summed E-state index contributed by atoms with van der Waals surface area (Å²) in [6.07, 6.45) is 1.59. The van der Waals surface area contributed by atoms with Crippen molar-refractivity contribution in [3.8, 4) is 11.3 Å². The summed E-state index contributed by atoms with van der Waals surface area (Å²) in [6.45, 7) is -0.0104. The second-order valence-corrected chi connectivity index (χ2v) is 4.19. The average molecular weight is 253 g/mol. The molecule has 1 N–H and O–H groups in total. The zero-order chi connectivity index (χ0) is 13.2. The molecule has 19 heavy (non-hydrogen) atoms. The third-order valence-electron chi connectivity index (χ3n) is 2.93. The molecular weight excluding hydrogens is 242 g/mol. The van der Waals surface area contributed by atoms with E-state index in [4.69, 9.17) is 9.52 Å². The molecule has 3 rings (SSSR count). The van der Waals surface area contributed by atoms with Crippen molar-refractivity contribution < 1.29 is 9.52 Å². The van der Waals surface area contributed by atoms with Crippen LogP contribution in [0.25, 0.3) is 22.4 Å². The smallest absolute Gasteiger partial charge is 0.230 e. The number of aliphatic hydroxyl groups is 1. The largest absolute Gasteiger partial charge is 0.437 e. The minimum atomic E-state index is -0.115. The Morgan fingerprint density at radius 1 is 1.16 bits per heavy atom. The van der Waals surface area contributed by atoms with Crippen molar-refractivity contribution in [2.75, 3.05) is 0 Å². The van der Waals surface area contributed by atoms with Crippen molar-refractivity contribution in [2.45, 2.75) is 6.61 Å². The van der Waals surface area contributed by atoms with Crippen LogP contribution in [0, 0.1) is 0 Å². The Hall–Kier alpha value is -2.46. The van der Waals surface area contributed by atoms with Crippen LogP contribution >= 0.6 is 0 Å². The van der Waals surface area contributed by atoms with Crippen LogP contribution in [0.5, 0.6) is 0 Å². The zero-order valence-electron chi connectivity index (χ0n) is 10.0. The fourth-order valence-corrected chi connectivity index (χ4v) is 1.91. The first-order valence-electron chi connectivity index (χ1n) is 5.87. The van der Waals surface area contributed by atoms with E-state index < -0.39 is 0 Å². The van der Waals surface area contributed by atoms with E-state index in [9.17, 15) is 4.79 Å². The second-order valence-electron chi connectivity index (χ2n) is 4.19. The fourth-order valence-electron chi connectivity index (χ4n) is 1.91. The van der Waals surface area contributed by atoms with E-state index in [1.807, 2.05) is 0 Å². The highest BCUT2D eigenvalue weighted by Crippen LogP contribution is 2.21. The highest BCUT2D eigenvalue weighted by molar-refractivity contribution is 5.74. The molecule has 0 bridgehead atoms. The van der Waals surface area contributed by atoms with Gasteiger partial charge in [-0.05, 0) is 17.7 Å². The number of fused-ring (bicyclic) bond motifs is 1. The Balaban J connectivity index is 2.16. The summed E-state index contributed by atoms with van der Waals surface area (Å²) >= 11 is 0. The number of hydrogen-bond acceptors (Lipinski definition) is 4. The Morgan fingerprint density at radius 3 is 2.68 bits per heavy atom. The molecule has 0 spiro atoms. The summed E-state index contributed by atoms with van der Waals surface area (Å²) in [6, 6.07) is 12.0. The third-order valence-corrected chi connectivity index (χ3v) is 2.93. The van der Waals surface area contributed by atoms with Crippen molar-refractivity contribution >= 4 is 11.1 Å². The van der Waals surface area contributed by atoms with E-state index in [2.05, 4.69) is 4.98 Å². The molecule has 1 aromatic carbocycles. The quantitative estimate of drug-likeness (QED) is 0.761. The maximum atomic E-state index is 12.0. The van der Waals surface area contributed by atoms with Gasteiger partial charge in [-0.3, -0.25) is 4.79 Å². The Labute approximate surface area is 109 Å². The molecule has 3 aromatic rings. The van der Waals surface area contributed by atoms with Gasteiger partial charge < -0.3 is 9.52 Å². The first kappa shape index (κ1) is 11.6. The number of hydrogen-bond donors (Lipinski definition) is 1. The number of benzene rings is 1. The molecule has 94 valence electrons. The number of pyridine rings is 1. The molecule has 0 aliphatic carbocycles. The van der Waals surface area contributed by atoms with Crippen LogP contribution in [-0.2, 0) is 6.61 Å². The van der Waals surface area contributed by atoms with Gasteiger partial charge in [-0.1, -0.05) is 24.3 Å². The molecule has 0 radical (unpaired) electrons. The highest BCUT2D eigenvalue weighted by atomic mass is 16.3. The molecule has 2 heterocycles. The van der Waals surface area contributed by atoms with Crippen LogP contribution in [-0.4, -0.2) is 10.1 Å². The molecule has 0 aliphatic heterocycles. The third kappa shape index (κ3) is 2.13. The number of aromatic nitrogens is 1. The summed E-state index contributed by atoms with van der Waals surface area (Å²) in [4.78, 5) is 16.0. The number of nitrogens with zero attached hydrogens (tertiary/aromatic N) is 1. The SMILES string of the molecule is O=c1cc(-c2ccc(CO)cc2)oc2ncccc12. The van der Waals surface area contributed by atoms with Crippen molar-refractivity contribution in [2.24, 2.45) is 0 Å². The summed E-state index contributed by atoms with van der Waals surface area (Å²) < 4.78 is 5.63. The Kier molecular flexibility index (Phi) is 2.85. The molecule has 0 saturated carbocycles. The molecule has 0 aliphatic rings. The van der Waals surface area contributed by atoms with E-state index in [1.165, 1.54) is 6.07 Å². The minimum Gasteiger partial charge on any atom is -0.437 e. The van der Waals surface area contributed by atoms with Gasteiger partial charge in [0.25, 0.3) is 0 Å². The van der Waals surface area contributed by atoms with Gasteiger partial charge in [0.1, 0.15) is 5.76 Å². The molecule has 0 amide bonds. The maximum Gasteiger partial charge on any atom is 0.230 e. The lowest BCUT2D eigenvalue weighted by atomic mass is 10.1. The van der Waals surface area contributed by atoms with E-state index in [-0.39, 0.29) is 12.0 Å². The fraction of sp³-hybridized carbons (Fsp3) is 0.0667. The molecule has 2 aromatic heterocycles. The van der Waals surface area contributed by atoms with Gasteiger partial charge in [-0.15, -0.1) is 0 Å². The lowest BCUT2D eigenvalue weighted by Crippen LogP contribution is -2.01. The van der Waals surface area contributed by atoms with Crippen molar-refractivity contribution in [1.29, 1.82) is 0 Å². The van der Waals surface area contributed by atoms with Crippen LogP contribution in [0.15, 0.2) is 57.9 Å². The average Bonchev–Trinajstić information content (AvgIpc) is 2.47. The van der Waals surface area contributed by atoms with Crippen molar-refractivity contribution in [1.82, 2.24) is 4.98 Å². The molecule has 4 nitrogen and oxygen atoms in total. The van der Waals surface area contributed by atoms with Gasteiger partial charge in [0.05, 0.1) is 12.0 Å². The first-order valence-corrected chi connectivity index (χ1v) is 5.87.